The summed E-state index contributed by atoms with van der Waals surface area (Å²) in [5.41, 5.74) is 3.38. The molecular formula is C20H22N2O4. The van der Waals surface area contributed by atoms with Crippen LogP contribution < -0.4 is 5.32 Å². The van der Waals surface area contributed by atoms with Gasteiger partial charge in [0.2, 0.25) is 0 Å². The van der Waals surface area contributed by atoms with E-state index in [4.69, 9.17) is 5.11 Å². The van der Waals surface area contributed by atoms with Crippen molar-refractivity contribution in [3.63, 3.8) is 0 Å². The standard InChI is InChI=1S/C20H22N2O4/c1-12-18-15(8-5-9-16(18)23)21-19(12)20(26)22-14(10-11-17(24)25)13-6-3-2-4-7-13/h2-4,6-7,14,21H,5,8-11H2,1H3,(H,22,26)(H,24,25). The van der Waals surface area contributed by atoms with E-state index in [1.165, 1.54) is 0 Å². The molecule has 0 saturated carbocycles. The minimum Gasteiger partial charge on any atom is -0.481 e. The molecule has 3 rings (SSSR count). The number of carboxylic acids is 1. The SMILES string of the molecule is Cc1c(C(=O)NC(CCC(=O)O)c2ccccc2)[nH]c2c1C(=O)CCC2. The lowest BCUT2D eigenvalue weighted by molar-refractivity contribution is -0.137. The van der Waals surface area contributed by atoms with Gasteiger partial charge in [0.15, 0.2) is 5.78 Å². The number of hydrogen-bond acceptors (Lipinski definition) is 3. The van der Waals surface area contributed by atoms with Crippen LogP contribution in [0.4, 0.5) is 0 Å². The molecule has 1 unspecified atom stereocenters. The quantitative estimate of drug-likeness (QED) is 0.742. The number of rotatable bonds is 6. The number of benzene rings is 1. The minimum atomic E-state index is -0.905. The summed E-state index contributed by atoms with van der Waals surface area (Å²) < 4.78 is 0. The number of hydrogen-bond donors (Lipinski definition) is 3. The molecule has 1 amide bonds. The van der Waals surface area contributed by atoms with Crippen molar-refractivity contribution in [2.45, 2.75) is 45.1 Å². The molecule has 6 nitrogen and oxygen atoms in total. The molecule has 1 atom stereocenters. The molecule has 1 aromatic heterocycles. The number of amides is 1. The van der Waals surface area contributed by atoms with E-state index in [-0.39, 0.29) is 18.1 Å². The first-order valence-electron chi connectivity index (χ1n) is 8.79. The fourth-order valence-corrected chi connectivity index (χ4v) is 3.51. The number of nitrogens with one attached hydrogen (secondary N) is 2. The fraction of sp³-hybridized carbons (Fsp3) is 0.350. The first-order valence-corrected chi connectivity index (χ1v) is 8.79. The molecule has 26 heavy (non-hydrogen) atoms. The third-order valence-corrected chi connectivity index (χ3v) is 4.82. The van der Waals surface area contributed by atoms with Gasteiger partial charge >= 0.3 is 5.97 Å². The van der Waals surface area contributed by atoms with Gasteiger partial charge in [-0.3, -0.25) is 14.4 Å². The highest BCUT2D eigenvalue weighted by Gasteiger charge is 2.27. The van der Waals surface area contributed by atoms with Gasteiger partial charge in [-0.15, -0.1) is 0 Å². The molecule has 0 bridgehead atoms. The largest absolute Gasteiger partial charge is 0.481 e. The lowest BCUT2D eigenvalue weighted by Crippen LogP contribution is -2.29. The Bertz CT molecular complexity index is 839. The van der Waals surface area contributed by atoms with Crippen LogP contribution in [0, 0.1) is 6.92 Å². The lowest BCUT2D eigenvalue weighted by Gasteiger charge is -2.18. The van der Waals surface area contributed by atoms with Crippen molar-refractivity contribution in [1.82, 2.24) is 10.3 Å². The first-order chi connectivity index (χ1) is 12.5. The van der Waals surface area contributed by atoms with Gasteiger partial charge in [-0.2, -0.15) is 0 Å². The molecule has 0 fully saturated rings. The second-order valence-corrected chi connectivity index (χ2v) is 6.62. The normalized spacial score (nSPS) is 14.6. The monoisotopic (exact) mass is 354 g/mol. The van der Waals surface area contributed by atoms with Crippen LogP contribution in [0.25, 0.3) is 0 Å². The molecule has 0 saturated heterocycles. The van der Waals surface area contributed by atoms with E-state index in [1.54, 1.807) is 6.92 Å². The third kappa shape index (κ3) is 3.69. The van der Waals surface area contributed by atoms with Crippen LogP contribution in [-0.4, -0.2) is 27.8 Å². The molecule has 0 aliphatic heterocycles. The average molecular weight is 354 g/mol. The van der Waals surface area contributed by atoms with Crippen LogP contribution in [0.5, 0.6) is 0 Å². The van der Waals surface area contributed by atoms with Gasteiger partial charge in [0.1, 0.15) is 5.69 Å². The van der Waals surface area contributed by atoms with Crippen LogP contribution in [0.1, 0.15) is 69.4 Å². The molecule has 3 N–H and O–H groups in total. The first kappa shape index (κ1) is 17.9. The molecule has 0 spiro atoms. The van der Waals surface area contributed by atoms with E-state index in [0.717, 1.165) is 24.1 Å². The van der Waals surface area contributed by atoms with E-state index < -0.39 is 12.0 Å². The Kier molecular flexibility index (Phi) is 5.21. The lowest BCUT2D eigenvalue weighted by atomic mass is 9.93. The Hall–Kier alpha value is -2.89. The van der Waals surface area contributed by atoms with Gasteiger partial charge in [-0.05, 0) is 37.3 Å². The second-order valence-electron chi connectivity index (χ2n) is 6.62. The van der Waals surface area contributed by atoms with Gasteiger partial charge < -0.3 is 15.4 Å². The van der Waals surface area contributed by atoms with E-state index in [9.17, 15) is 14.4 Å². The molecular weight excluding hydrogens is 332 g/mol. The summed E-state index contributed by atoms with van der Waals surface area (Å²) >= 11 is 0. The van der Waals surface area contributed by atoms with Crippen LogP contribution in [0.15, 0.2) is 30.3 Å². The molecule has 1 aliphatic carbocycles. The maximum Gasteiger partial charge on any atom is 0.303 e. The summed E-state index contributed by atoms with van der Waals surface area (Å²) in [6, 6.07) is 8.90. The Morgan fingerprint density at radius 2 is 1.96 bits per heavy atom. The molecule has 6 heteroatoms. The van der Waals surface area contributed by atoms with Crippen molar-refractivity contribution >= 4 is 17.7 Å². The van der Waals surface area contributed by atoms with Gasteiger partial charge in [-0.1, -0.05) is 30.3 Å². The number of aliphatic carboxylic acids is 1. The van der Waals surface area contributed by atoms with Crippen molar-refractivity contribution in [2.75, 3.05) is 0 Å². The predicted octanol–water partition coefficient (Wildman–Crippen LogP) is 3.18. The van der Waals surface area contributed by atoms with E-state index >= 15 is 0 Å². The van der Waals surface area contributed by atoms with E-state index in [2.05, 4.69) is 10.3 Å². The van der Waals surface area contributed by atoms with Crippen LogP contribution in [-0.2, 0) is 11.2 Å². The molecule has 1 heterocycles. The summed E-state index contributed by atoms with van der Waals surface area (Å²) in [4.78, 5) is 39.0. The number of aromatic amines is 1. The number of carboxylic acid groups (broad SMARTS) is 1. The van der Waals surface area contributed by atoms with Crippen molar-refractivity contribution in [1.29, 1.82) is 0 Å². The summed E-state index contributed by atoms with van der Waals surface area (Å²) in [7, 11) is 0. The number of ketones is 1. The van der Waals surface area contributed by atoms with Crippen molar-refractivity contribution in [3.05, 3.63) is 58.4 Å². The van der Waals surface area contributed by atoms with Crippen LogP contribution in [0.2, 0.25) is 0 Å². The summed E-state index contributed by atoms with van der Waals surface area (Å²) in [5, 5.41) is 11.9. The number of aryl methyl sites for hydroxylation is 1. The highest BCUT2D eigenvalue weighted by Crippen LogP contribution is 2.27. The zero-order valence-corrected chi connectivity index (χ0v) is 14.7. The number of aromatic nitrogens is 1. The predicted molar refractivity (Wildman–Crippen MR) is 96.3 cm³/mol. The zero-order valence-electron chi connectivity index (χ0n) is 14.7. The van der Waals surface area contributed by atoms with Crippen molar-refractivity contribution < 1.29 is 19.5 Å². The number of fused-ring (bicyclic) bond motifs is 1. The Balaban J connectivity index is 1.84. The smallest absolute Gasteiger partial charge is 0.303 e. The molecule has 2 aromatic rings. The number of carbonyl (C=O) groups is 3. The average Bonchev–Trinajstić information content (AvgIpc) is 2.97. The van der Waals surface area contributed by atoms with Crippen molar-refractivity contribution in [3.8, 4) is 0 Å². The van der Waals surface area contributed by atoms with Gasteiger partial charge in [0.05, 0.1) is 6.04 Å². The Morgan fingerprint density at radius 1 is 1.23 bits per heavy atom. The Labute approximate surface area is 151 Å². The van der Waals surface area contributed by atoms with Gasteiger partial charge in [0.25, 0.3) is 5.91 Å². The summed E-state index contributed by atoms with van der Waals surface area (Å²) in [6.45, 7) is 1.78. The van der Waals surface area contributed by atoms with E-state index in [1.807, 2.05) is 30.3 Å². The van der Waals surface area contributed by atoms with Gasteiger partial charge in [-0.25, -0.2) is 0 Å². The molecule has 1 aliphatic rings. The fourth-order valence-electron chi connectivity index (χ4n) is 3.51. The summed E-state index contributed by atoms with van der Waals surface area (Å²) in [6.07, 6.45) is 2.31. The number of carbonyl (C=O) groups excluding carboxylic acids is 2. The number of Topliss-reactive ketones (excluding diaryl/α,β-unsaturated/α-hetero) is 1. The van der Waals surface area contributed by atoms with Crippen LogP contribution in [0.3, 0.4) is 0 Å². The van der Waals surface area contributed by atoms with E-state index in [0.29, 0.717) is 29.7 Å². The van der Waals surface area contributed by atoms with Gasteiger partial charge in [0, 0.05) is 24.1 Å². The number of H-pyrrole nitrogens is 1. The molecule has 0 radical (unpaired) electrons. The molecule has 136 valence electrons. The van der Waals surface area contributed by atoms with Crippen LogP contribution >= 0.6 is 0 Å². The highest BCUT2D eigenvalue weighted by atomic mass is 16.4. The second kappa shape index (κ2) is 7.56. The summed E-state index contributed by atoms with van der Waals surface area (Å²) in [5.74, 6) is -1.15. The maximum atomic E-state index is 12.8. The minimum absolute atomic E-state index is 0.0431. The molecule has 1 aromatic carbocycles. The maximum absolute atomic E-state index is 12.8. The van der Waals surface area contributed by atoms with Crippen molar-refractivity contribution in [2.24, 2.45) is 0 Å². The third-order valence-electron chi connectivity index (χ3n) is 4.82. The zero-order chi connectivity index (χ0) is 18.7. The Morgan fingerprint density at radius 3 is 2.62 bits per heavy atom. The topological polar surface area (TPSA) is 99.3 Å². The highest BCUT2D eigenvalue weighted by molar-refractivity contribution is 6.04.